The highest BCUT2D eigenvalue weighted by Gasteiger charge is 2.14. The van der Waals surface area contributed by atoms with E-state index in [0.29, 0.717) is 12.1 Å². The summed E-state index contributed by atoms with van der Waals surface area (Å²) in [7, 11) is 0. The number of carboxylic acid groups (broad SMARTS) is 1. The van der Waals surface area contributed by atoms with Crippen LogP contribution in [0.5, 0.6) is 0 Å². The minimum absolute atomic E-state index is 0.310. The first-order chi connectivity index (χ1) is 14.0. The quantitative estimate of drug-likeness (QED) is 0.523. The predicted octanol–water partition coefficient (Wildman–Crippen LogP) is 5.02. The SMILES string of the molecule is CCc1nc2c(C)cc(C)nc2n1Cc1ccc(-c2ccccc2C(=O)O)cc1. The highest BCUT2D eigenvalue weighted by Crippen LogP contribution is 2.25. The second kappa shape index (κ2) is 7.51. The van der Waals surface area contributed by atoms with Crippen LogP contribution in [0.15, 0.2) is 54.6 Å². The molecule has 0 saturated heterocycles. The average Bonchev–Trinajstić information content (AvgIpc) is 3.06. The molecule has 0 amide bonds. The normalized spacial score (nSPS) is 11.1. The maximum atomic E-state index is 11.5. The molecule has 0 atom stereocenters. The molecule has 4 aromatic rings. The van der Waals surface area contributed by atoms with Crippen molar-refractivity contribution in [1.82, 2.24) is 14.5 Å². The largest absolute Gasteiger partial charge is 0.478 e. The van der Waals surface area contributed by atoms with Crippen molar-refractivity contribution >= 4 is 17.1 Å². The molecule has 29 heavy (non-hydrogen) atoms. The van der Waals surface area contributed by atoms with Gasteiger partial charge in [-0.3, -0.25) is 0 Å². The average molecular weight is 385 g/mol. The van der Waals surface area contributed by atoms with E-state index in [1.54, 1.807) is 12.1 Å². The molecule has 0 fully saturated rings. The molecule has 5 heteroatoms. The number of nitrogens with zero attached hydrogens (tertiary/aromatic N) is 3. The number of fused-ring (bicyclic) bond motifs is 1. The number of pyridine rings is 1. The molecule has 4 rings (SSSR count). The summed E-state index contributed by atoms with van der Waals surface area (Å²) in [6.07, 6.45) is 0.832. The van der Waals surface area contributed by atoms with Crippen molar-refractivity contribution in [2.75, 3.05) is 0 Å². The number of rotatable bonds is 5. The summed E-state index contributed by atoms with van der Waals surface area (Å²) in [4.78, 5) is 21.0. The summed E-state index contributed by atoms with van der Waals surface area (Å²) >= 11 is 0. The molecular formula is C24H23N3O2. The van der Waals surface area contributed by atoms with Crippen LogP contribution in [0.3, 0.4) is 0 Å². The number of aromatic nitrogens is 3. The van der Waals surface area contributed by atoms with Gasteiger partial charge in [0.15, 0.2) is 5.65 Å². The Balaban J connectivity index is 1.71. The van der Waals surface area contributed by atoms with E-state index in [1.807, 2.05) is 43.3 Å². The molecule has 0 bridgehead atoms. The lowest BCUT2D eigenvalue weighted by Gasteiger charge is -2.10. The molecule has 0 aliphatic rings. The summed E-state index contributed by atoms with van der Waals surface area (Å²) in [5, 5.41) is 9.44. The Morgan fingerprint density at radius 1 is 1.03 bits per heavy atom. The number of hydrogen-bond donors (Lipinski definition) is 1. The molecule has 0 unspecified atom stereocenters. The molecule has 2 heterocycles. The van der Waals surface area contributed by atoms with Crippen molar-refractivity contribution in [3.05, 3.63) is 82.8 Å². The molecule has 0 spiro atoms. The maximum absolute atomic E-state index is 11.5. The summed E-state index contributed by atoms with van der Waals surface area (Å²) in [6, 6.07) is 17.2. The van der Waals surface area contributed by atoms with Gasteiger partial charge in [0.25, 0.3) is 0 Å². The lowest BCUT2D eigenvalue weighted by Crippen LogP contribution is -2.06. The zero-order valence-corrected chi connectivity index (χ0v) is 16.8. The van der Waals surface area contributed by atoms with Crippen LogP contribution in [0, 0.1) is 13.8 Å². The topological polar surface area (TPSA) is 68.0 Å². The minimum Gasteiger partial charge on any atom is -0.478 e. The molecular weight excluding hydrogens is 362 g/mol. The van der Waals surface area contributed by atoms with Gasteiger partial charge in [-0.2, -0.15) is 0 Å². The lowest BCUT2D eigenvalue weighted by molar-refractivity contribution is 0.0697. The molecule has 146 valence electrons. The van der Waals surface area contributed by atoms with E-state index in [-0.39, 0.29) is 0 Å². The molecule has 0 aliphatic carbocycles. The fraction of sp³-hybridized carbons (Fsp3) is 0.208. The Kier molecular flexibility index (Phi) is 4.89. The minimum atomic E-state index is -0.918. The van der Waals surface area contributed by atoms with Crippen molar-refractivity contribution < 1.29 is 9.90 Å². The zero-order chi connectivity index (χ0) is 20.5. The van der Waals surface area contributed by atoms with Crippen LogP contribution in [0.1, 0.15) is 39.9 Å². The fourth-order valence-corrected chi connectivity index (χ4v) is 3.78. The lowest BCUT2D eigenvalue weighted by atomic mass is 9.99. The Labute approximate surface area is 169 Å². The van der Waals surface area contributed by atoms with E-state index in [0.717, 1.165) is 51.4 Å². The van der Waals surface area contributed by atoms with Gasteiger partial charge in [0.1, 0.15) is 11.3 Å². The van der Waals surface area contributed by atoms with E-state index in [4.69, 9.17) is 9.97 Å². The third kappa shape index (κ3) is 3.51. The Bertz CT molecular complexity index is 1210. The van der Waals surface area contributed by atoms with Crippen LogP contribution in [0.4, 0.5) is 0 Å². The van der Waals surface area contributed by atoms with Gasteiger partial charge in [-0.15, -0.1) is 0 Å². The molecule has 0 aliphatic heterocycles. The third-order valence-electron chi connectivity index (χ3n) is 5.18. The second-order valence-electron chi connectivity index (χ2n) is 7.27. The van der Waals surface area contributed by atoms with Crippen LogP contribution in [-0.2, 0) is 13.0 Å². The molecule has 0 radical (unpaired) electrons. The van der Waals surface area contributed by atoms with Gasteiger partial charge in [-0.05, 0) is 48.2 Å². The zero-order valence-electron chi connectivity index (χ0n) is 16.8. The first-order valence-corrected chi connectivity index (χ1v) is 9.73. The van der Waals surface area contributed by atoms with E-state index >= 15 is 0 Å². The molecule has 2 aromatic carbocycles. The van der Waals surface area contributed by atoms with Gasteiger partial charge >= 0.3 is 5.97 Å². The van der Waals surface area contributed by atoms with Crippen molar-refractivity contribution in [1.29, 1.82) is 0 Å². The van der Waals surface area contributed by atoms with Gasteiger partial charge in [0.05, 0.1) is 12.1 Å². The van der Waals surface area contributed by atoms with Crippen molar-refractivity contribution in [3.8, 4) is 11.1 Å². The van der Waals surface area contributed by atoms with Crippen molar-refractivity contribution in [2.24, 2.45) is 0 Å². The van der Waals surface area contributed by atoms with Crippen LogP contribution in [0.25, 0.3) is 22.3 Å². The predicted molar refractivity (Wildman–Crippen MR) is 114 cm³/mol. The Hall–Kier alpha value is -3.47. The molecule has 1 N–H and O–H groups in total. The van der Waals surface area contributed by atoms with E-state index in [1.165, 1.54) is 0 Å². The number of imidazole rings is 1. The van der Waals surface area contributed by atoms with Crippen molar-refractivity contribution in [3.63, 3.8) is 0 Å². The van der Waals surface area contributed by atoms with Gasteiger partial charge in [-0.1, -0.05) is 49.4 Å². The summed E-state index contributed by atoms with van der Waals surface area (Å²) in [5.74, 6) is 0.0977. The van der Waals surface area contributed by atoms with E-state index < -0.39 is 5.97 Å². The number of carbonyl (C=O) groups is 1. The van der Waals surface area contributed by atoms with Crippen LogP contribution >= 0.6 is 0 Å². The van der Waals surface area contributed by atoms with Gasteiger partial charge in [0, 0.05) is 12.1 Å². The summed E-state index contributed by atoms with van der Waals surface area (Å²) < 4.78 is 2.18. The number of aryl methyl sites for hydroxylation is 3. The Morgan fingerprint density at radius 3 is 2.45 bits per heavy atom. The van der Waals surface area contributed by atoms with Gasteiger partial charge in [-0.25, -0.2) is 14.8 Å². The Morgan fingerprint density at radius 2 is 1.76 bits per heavy atom. The fourth-order valence-electron chi connectivity index (χ4n) is 3.78. The summed E-state index contributed by atoms with van der Waals surface area (Å²) in [5.41, 5.74) is 7.05. The standard InChI is InChI=1S/C24H23N3O2/c1-4-21-26-22-15(2)13-16(3)25-23(22)27(21)14-17-9-11-18(12-10-17)19-7-5-6-8-20(19)24(28)29/h5-13H,4,14H2,1-3H3,(H,28,29). The molecule has 2 aromatic heterocycles. The maximum Gasteiger partial charge on any atom is 0.336 e. The van der Waals surface area contributed by atoms with Gasteiger partial charge < -0.3 is 9.67 Å². The molecule has 5 nitrogen and oxygen atoms in total. The van der Waals surface area contributed by atoms with Crippen LogP contribution in [-0.4, -0.2) is 25.6 Å². The number of carboxylic acids is 1. The third-order valence-corrected chi connectivity index (χ3v) is 5.18. The summed E-state index contributed by atoms with van der Waals surface area (Å²) in [6.45, 7) is 6.86. The first kappa shape index (κ1) is 18.9. The van der Waals surface area contributed by atoms with E-state index in [2.05, 4.69) is 24.5 Å². The van der Waals surface area contributed by atoms with Crippen LogP contribution < -0.4 is 0 Å². The monoisotopic (exact) mass is 385 g/mol. The first-order valence-electron chi connectivity index (χ1n) is 9.73. The molecule has 0 saturated carbocycles. The van der Waals surface area contributed by atoms with E-state index in [9.17, 15) is 9.90 Å². The number of hydrogen-bond acceptors (Lipinski definition) is 3. The number of aromatic carboxylic acids is 1. The highest BCUT2D eigenvalue weighted by molar-refractivity contribution is 5.96. The van der Waals surface area contributed by atoms with Crippen molar-refractivity contribution in [2.45, 2.75) is 33.7 Å². The van der Waals surface area contributed by atoms with Crippen LogP contribution in [0.2, 0.25) is 0 Å². The number of benzene rings is 2. The highest BCUT2D eigenvalue weighted by atomic mass is 16.4. The smallest absolute Gasteiger partial charge is 0.336 e. The second-order valence-corrected chi connectivity index (χ2v) is 7.27. The van der Waals surface area contributed by atoms with Gasteiger partial charge in [0.2, 0.25) is 0 Å².